The highest BCUT2D eigenvalue weighted by Crippen LogP contribution is 2.27. The molecule has 19 heavy (non-hydrogen) atoms. The van der Waals surface area contributed by atoms with Crippen molar-refractivity contribution < 1.29 is 5.11 Å². The first kappa shape index (κ1) is 12.4. The van der Waals surface area contributed by atoms with E-state index in [1.54, 1.807) is 6.20 Å². The van der Waals surface area contributed by atoms with Crippen molar-refractivity contribution in [1.82, 2.24) is 9.78 Å². The van der Waals surface area contributed by atoms with Crippen LogP contribution in [0.1, 0.15) is 41.3 Å². The SMILES string of the molecule is Cn1nccc1CCC(O)c1ccc2c(c1)CCC2. The summed E-state index contributed by atoms with van der Waals surface area (Å²) < 4.78 is 1.87. The summed E-state index contributed by atoms with van der Waals surface area (Å²) in [6.45, 7) is 0. The molecule has 2 aromatic rings. The molecule has 1 aromatic carbocycles. The lowest BCUT2D eigenvalue weighted by Gasteiger charge is -2.12. The third-order valence-corrected chi connectivity index (χ3v) is 4.10. The van der Waals surface area contributed by atoms with E-state index in [0.717, 1.165) is 24.8 Å². The molecule has 0 saturated carbocycles. The fraction of sp³-hybridized carbons (Fsp3) is 0.438. The number of aryl methyl sites for hydroxylation is 4. The minimum Gasteiger partial charge on any atom is -0.388 e. The largest absolute Gasteiger partial charge is 0.388 e. The Morgan fingerprint density at radius 2 is 2.11 bits per heavy atom. The van der Waals surface area contributed by atoms with Gasteiger partial charge in [-0.1, -0.05) is 18.2 Å². The summed E-state index contributed by atoms with van der Waals surface area (Å²) in [5.41, 5.74) is 5.11. The zero-order valence-electron chi connectivity index (χ0n) is 11.3. The molecule has 1 N–H and O–H groups in total. The first-order chi connectivity index (χ1) is 9.24. The topological polar surface area (TPSA) is 38.0 Å². The van der Waals surface area contributed by atoms with Crippen molar-refractivity contribution in [2.75, 3.05) is 0 Å². The van der Waals surface area contributed by atoms with E-state index in [0.29, 0.717) is 0 Å². The Kier molecular flexibility index (Phi) is 3.38. The molecular weight excluding hydrogens is 236 g/mol. The maximum absolute atomic E-state index is 10.3. The summed E-state index contributed by atoms with van der Waals surface area (Å²) in [4.78, 5) is 0. The molecule has 1 unspecified atom stereocenters. The van der Waals surface area contributed by atoms with E-state index in [1.807, 2.05) is 17.8 Å². The molecule has 3 nitrogen and oxygen atoms in total. The minimum atomic E-state index is -0.374. The average molecular weight is 256 g/mol. The smallest absolute Gasteiger partial charge is 0.0793 e. The molecule has 0 saturated heterocycles. The maximum atomic E-state index is 10.3. The van der Waals surface area contributed by atoms with Crippen LogP contribution in [0.3, 0.4) is 0 Å². The van der Waals surface area contributed by atoms with Gasteiger partial charge in [-0.25, -0.2) is 0 Å². The zero-order chi connectivity index (χ0) is 13.2. The van der Waals surface area contributed by atoms with Gasteiger partial charge in [0.05, 0.1) is 6.10 Å². The molecule has 1 aliphatic rings. The number of benzene rings is 1. The first-order valence-corrected chi connectivity index (χ1v) is 7.00. The minimum absolute atomic E-state index is 0.374. The molecule has 0 spiro atoms. The number of hydrogen-bond donors (Lipinski definition) is 1. The average Bonchev–Trinajstić information content (AvgIpc) is 3.03. The Bertz CT molecular complexity index is 574. The maximum Gasteiger partial charge on any atom is 0.0793 e. The van der Waals surface area contributed by atoms with Crippen LogP contribution in [0.5, 0.6) is 0 Å². The van der Waals surface area contributed by atoms with Crippen molar-refractivity contribution >= 4 is 0 Å². The van der Waals surface area contributed by atoms with Gasteiger partial charge in [0.1, 0.15) is 0 Å². The van der Waals surface area contributed by atoms with Crippen LogP contribution in [0.4, 0.5) is 0 Å². The molecule has 1 aliphatic carbocycles. The highest BCUT2D eigenvalue weighted by Gasteiger charge is 2.14. The Hall–Kier alpha value is -1.61. The predicted molar refractivity (Wildman–Crippen MR) is 75.0 cm³/mol. The number of rotatable bonds is 4. The second kappa shape index (κ2) is 5.17. The second-order valence-corrected chi connectivity index (χ2v) is 5.38. The fourth-order valence-corrected chi connectivity index (χ4v) is 2.90. The molecule has 3 heteroatoms. The first-order valence-electron chi connectivity index (χ1n) is 7.00. The van der Waals surface area contributed by atoms with Crippen LogP contribution < -0.4 is 0 Å². The van der Waals surface area contributed by atoms with E-state index in [4.69, 9.17) is 0 Å². The van der Waals surface area contributed by atoms with Crippen molar-refractivity contribution in [3.8, 4) is 0 Å². The van der Waals surface area contributed by atoms with E-state index < -0.39 is 0 Å². The molecule has 1 atom stereocenters. The van der Waals surface area contributed by atoms with E-state index in [2.05, 4.69) is 23.3 Å². The van der Waals surface area contributed by atoms with Crippen LogP contribution in [0.2, 0.25) is 0 Å². The molecule has 0 aliphatic heterocycles. The van der Waals surface area contributed by atoms with Gasteiger partial charge in [-0.2, -0.15) is 5.10 Å². The Morgan fingerprint density at radius 3 is 2.89 bits per heavy atom. The highest BCUT2D eigenvalue weighted by molar-refractivity contribution is 5.36. The lowest BCUT2D eigenvalue weighted by Crippen LogP contribution is -2.04. The van der Waals surface area contributed by atoms with E-state index in [-0.39, 0.29) is 6.10 Å². The lowest BCUT2D eigenvalue weighted by molar-refractivity contribution is 0.167. The Balaban J connectivity index is 1.67. The predicted octanol–water partition coefficient (Wildman–Crippen LogP) is 2.58. The van der Waals surface area contributed by atoms with Gasteiger partial charge in [-0.15, -0.1) is 0 Å². The molecular formula is C16H20N2O. The molecule has 0 amide bonds. The standard InChI is InChI=1S/C16H20N2O/c1-18-15(9-10-17-18)7-8-16(19)14-6-5-12-3-2-4-13(12)11-14/h5-6,9-11,16,19H,2-4,7-8H2,1H3. The molecule has 0 radical (unpaired) electrons. The van der Waals surface area contributed by atoms with Crippen LogP contribution in [0.15, 0.2) is 30.5 Å². The molecule has 100 valence electrons. The molecule has 1 heterocycles. The second-order valence-electron chi connectivity index (χ2n) is 5.38. The number of aliphatic hydroxyl groups is 1. The van der Waals surface area contributed by atoms with Crippen LogP contribution in [-0.4, -0.2) is 14.9 Å². The number of hydrogen-bond acceptors (Lipinski definition) is 2. The number of nitrogens with zero attached hydrogens (tertiary/aromatic N) is 2. The van der Waals surface area contributed by atoms with Crippen LogP contribution in [-0.2, 0) is 26.3 Å². The van der Waals surface area contributed by atoms with E-state index in [9.17, 15) is 5.11 Å². The third kappa shape index (κ3) is 2.56. The summed E-state index contributed by atoms with van der Waals surface area (Å²) >= 11 is 0. The zero-order valence-corrected chi connectivity index (χ0v) is 11.3. The highest BCUT2D eigenvalue weighted by atomic mass is 16.3. The monoisotopic (exact) mass is 256 g/mol. The van der Waals surface area contributed by atoms with Gasteiger partial charge >= 0.3 is 0 Å². The Morgan fingerprint density at radius 1 is 1.26 bits per heavy atom. The van der Waals surface area contributed by atoms with Crippen molar-refractivity contribution in [2.24, 2.45) is 7.05 Å². The van der Waals surface area contributed by atoms with Crippen molar-refractivity contribution in [1.29, 1.82) is 0 Å². The van der Waals surface area contributed by atoms with E-state index >= 15 is 0 Å². The van der Waals surface area contributed by atoms with Gasteiger partial charge in [0.2, 0.25) is 0 Å². The summed E-state index contributed by atoms with van der Waals surface area (Å²) in [7, 11) is 1.94. The lowest BCUT2D eigenvalue weighted by atomic mass is 9.99. The summed E-state index contributed by atoms with van der Waals surface area (Å²) in [6, 6.07) is 8.47. The fourth-order valence-electron chi connectivity index (χ4n) is 2.90. The molecule has 0 bridgehead atoms. The van der Waals surface area contributed by atoms with Crippen molar-refractivity contribution in [2.45, 2.75) is 38.2 Å². The van der Waals surface area contributed by atoms with Crippen LogP contribution in [0, 0.1) is 0 Å². The van der Waals surface area contributed by atoms with Gasteiger partial charge in [0.25, 0.3) is 0 Å². The number of fused-ring (bicyclic) bond motifs is 1. The van der Waals surface area contributed by atoms with Gasteiger partial charge < -0.3 is 5.11 Å². The quantitative estimate of drug-likeness (QED) is 0.913. The third-order valence-electron chi connectivity index (χ3n) is 4.10. The van der Waals surface area contributed by atoms with Crippen molar-refractivity contribution in [3.05, 3.63) is 52.8 Å². The molecule has 0 fully saturated rings. The summed E-state index contributed by atoms with van der Waals surface area (Å²) in [6.07, 6.45) is 6.65. The normalized spacial score (nSPS) is 15.5. The summed E-state index contributed by atoms with van der Waals surface area (Å²) in [5.74, 6) is 0. The number of aliphatic hydroxyl groups excluding tert-OH is 1. The van der Waals surface area contributed by atoms with Gasteiger partial charge in [-0.05, 0) is 54.9 Å². The van der Waals surface area contributed by atoms with E-state index in [1.165, 1.54) is 29.7 Å². The summed E-state index contributed by atoms with van der Waals surface area (Å²) in [5, 5.41) is 14.5. The number of aromatic nitrogens is 2. The Labute approximate surface area is 113 Å². The molecule has 3 rings (SSSR count). The van der Waals surface area contributed by atoms with Crippen LogP contribution >= 0.6 is 0 Å². The van der Waals surface area contributed by atoms with Gasteiger partial charge in [-0.3, -0.25) is 4.68 Å². The van der Waals surface area contributed by atoms with Gasteiger partial charge in [0.15, 0.2) is 0 Å². The van der Waals surface area contributed by atoms with Gasteiger partial charge in [0, 0.05) is 18.9 Å². The van der Waals surface area contributed by atoms with Crippen molar-refractivity contribution in [3.63, 3.8) is 0 Å². The molecule has 1 aromatic heterocycles. The van der Waals surface area contributed by atoms with Crippen LogP contribution in [0.25, 0.3) is 0 Å².